The Hall–Kier alpha value is -3.03. The highest BCUT2D eigenvalue weighted by atomic mass is 35.5. The van der Waals surface area contributed by atoms with Crippen molar-refractivity contribution in [2.75, 3.05) is 12.5 Å². The Kier molecular flexibility index (Phi) is 13.3. The van der Waals surface area contributed by atoms with Gasteiger partial charge < -0.3 is 4.74 Å². The molecule has 4 aromatic rings. The van der Waals surface area contributed by atoms with Crippen molar-refractivity contribution in [3.63, 3.8) is 0 Å². The molecule has 0 bridgehead atoms. The maximum atomic E-state index is 6.30. The molecule has 0 unspecified atom stereocenters. The van der Waals surface area contributed by atoms with Gasteiger partial charge in [-0.25, -0.2) is 0 Å². The van der Waals surface area contributed by atoms with Gasteiger partial charge in [0.1, 0.15) is 5.75 Å². The number of halogens is 1. The second-order valence-electron chi connectivity index (χ2n) is 17.1. The lowest BCUT2D eigenvalue weighted by Crippen LogP contribution is -2.31. The lowest BCUT2D eigenvalue weighted by Gasteiger charge is -2.38. The molecule has 0 aliphatic rings. The highest BCUT2D eigenvalue weighted by Gasteiger charge is 2.39. The summed E-state index contributed by atoms with van der Waals surface area (Å²) in [4.78, 5) is 0. The van der Waals surface area contributed by atoms with Crippen molar-refractivity contribution in [1.82, 2.24) is 0 Å². The molecule has 0 N–H and O–H groups in total. The largest absolute Gasteiger partial charge is 0.494 e. The molecule has 4 aromatic carbocycles. The van der Waals surface area contributed by atoms with E-state index in [1.54, 1.807) is 0 Å². The van der Waals surface area contributed by atoms with Gasteiger partial charge in [-0.05, 0) is 80.2 Å². The van der Waals surface area contributed by atoms with Crippen LogP contribution in [0.4, 0.5) is 0 Å². The first-order valence-corrected chi connectivity index (χ1v) is 19.3. The average Bonchev–Trinajstić information content (AvgIpc) is 3.06. The third-order valence-electron chi connectivity index (χ3n) is 10.1. The molecule has 2 heteroatoms. The van der Waals surface area contributed by atoms with Gasteiger partial charge in [-0.15, -0.1) is 11.6 Å². The molecule has 0 atom stereocenters. The van der Waals surface area contributed by atoms with E-state index < -0.39 is 5.41 Å². The molecule has 0 fully saturated rings. The summed E-state index contributed by atoms with van der Waals surface area (Å²) in [5.41, 5.74) is 8.78. The number of hydrogen-bond acceptors (Lipinski definition) is 1. The second-order valence-corrected chi connectivity index (χ2v) is 17.5. The van der Waals surface area contributed by atoms with Crippen LogP contribution in [-0.2, 0) is 21.7 Å². The molecule has 0 spiro atoms. The molecule has 0 saturated heterocycles. The summed E-state index contributed by atoms with van der Waals surface area (Å²) in [7, 11) is 0. The number of hydrogen-bond donors (Lipinski definition) is 0. The van der Waals surface area contributed by atoms with E-state index in [0.29, 0.717) is 0 Å². The van der Waals surface area contributed by atoms with E-state index in [1.165, 1.54) is 77.5 Å². The van der Waals surface area contributed by atoms with Crippen LogP contribution in [0.3, 0.4) is 0 Å². The van der Waals surface area contributed by atoms with Crippen molar-refractivity contribution in [1.29, 1.82) is 0 Å². The summed E-state index contributed by atoms with van der Waals surface area (Å²) in [5.74, 6) is 1.73. The monoisotopic (exact) mass is 678 g/mol. The van der Waals surface area contributed by atoms with Crippen molar-refractivity contribution in [2.45, 2.75) is 135 Å². The second kappa shape index (κ2) is 16.8. The fraction of sp³-hybridized carbons (Fsp3) is 0.489. The standard InChI is InChI=1S/C47H63ClO/c1-44(2,3)36-18-24-39(25-19-36)47(40-26-20-37(21-27-40)45(4,5)6,41-28-22-38(23-29-41)46(7,8)9)42-30-32-43(33-31-42)49-35-17-15-13-11-10-12-14-16-34-48/h18-33H,10-17,34-35H2,1-9H3. The van der Waals surface area contributed by atoms with Crippen molar-refractivity contribution in [3.05, 3.63) is 136 Å². The van der Waals surface area contributed by atoms with Crippen molar-refractivity contribution in [3.8, 4) is 5.75 Å². The van der Waals surface area contributed by atoms with Gasteiger partial charge in [0.15, 0.2) is 0 Å². The van der Waals surface area contributed by atoms with Crippen molar-refractivity contribution >= 4 is 11.6 Å². The molecular weight excluding hydrogens is 616 g/mol. The zero-order valence-corrected chi connectivity index (χ0v) is 32.9. The summed E-state index contributed by atoms with van der Waals surface area (Å²) in [5, 5.41) is 0. The third kappa shape index (κ3) is 10.0. The van der Waals surface area contributed by atoms with Gasteiger partial charge in [0.25, 0.3) is 0 Å². The molecule has 4 rings (SSSR count). The third-order valence-corrected chi connectivity index (χ3v) is 10.4. The van der Waals surface area contributed by atoms with Gasteiger partial charge in [0.05, 0.1) is 12.0 Å². The molecule has 264 valence electrons. The molecule has 0 aliphatic carbocycles. The molecule has 0 radical (unpaired) electrons. The highest BCUT2D eigenvalue weighted by molar-refractivity contribution is 6.17. The molecule has 0 aliphatic heterocycles. The molecular formula is C47H63ClO. The predicted molar refractivity (Wildman–Crippen MR) is 214 cm³/mol. The Labute approximate surface area is 304 Å². The fourth-order valence-corrected chi connectivity index (χ4v) is 7.10. The topological polar surface area (TPSA) is 9.23 Å². The Morgan fingerprint density at radius 1 is 0.367 bits per heavy atom. The van der Waals surface area contributed by atoms with E-state index in [-0.39, 0.29) is 16.2 Å². The maximum absolute atomic E-state index is 6.30. The summed E-state index contributed by atoms with van der Waals surface area (Å²) < 4.78 is 6.30. The van der Waals surface area contributed by atoms with Crippen LogP contribution in [0.5, 0.6) is 5.75 Å². The SMILES string of the molecule is CC(C)(C)c1ccc(C(c2ccc(OCCCCCCCCCCCl)cc2)(c2ccc(C(C)(C)C)cc2)c2ccc(C(C)(C)C)cc2)cc1. The zero-order chi connectivity index (χ0) is 35.7. The van der Waals surface area contributed by atoms with Crippen LogP contribution in [0.25, 0.3) is 0 Å². The van der Waals surface area contributed by atoms with Crippen LogP contribution < -0.4 is 4.74 Å². The van der Waals surface area contributed by atoms with Crippen molar-refractivity contribution < 1.29 is 4.74 Å². The highest BCUT2D eigenvalue weighted by Crippen LogP contribution is 2.47. The lowest BCUT2D eigenvalue weighted by atomic mass is 9.64. The Morgan fingerprint density at radius 2 is 0.633 bits per heavy atom. The van der Waals surface area contributed by atoms with E-state index in [9.17, 15) is 0 Å². The maximum Gasteiger partial charge on any atom is 0.119 e. The quantitative estimate of drug-likeness (QED) is 0.0690. The van der Waals surface area contributed by atoms with E-state index in [2.05, 4.69) is 159 Å². The first-order chi connectivity index (χ1) is 23.2. The molecule has 0 saturated carbocycles. The van der Waals surface area contributed by atoms with E-state index >= 15 is 0 Å². The van der Waals surface area contributed by atoms with Crippen LogP contribution >= 0.6 is 11.6 Å². The molecule has 0 amide bonds. The number of benzene rings is 4. The smallest absolute Gasteiger partial charge is 0.119 e. The van der Waals surface area contributed by atoms with Crippen LogP contribution in [0.2, 0.25) is 0 Å². The number of alkyl halides is 1. The van der Waals surface area contributed by atoms with Crippen LogP contribution in [-0.4, -0.2) is 12.5 Å². The normalized spacial score (nSPS) is 12.7. The minimum Gasteiger partial charge on any atom is -0.494 e. The van der Waals surface area contributed by atoms with Gasteiger partial charge in [-0.2, -0.15) is 0 Å². The average molecular weight is 679 g/mol. The van der Waals surface area contributed by atoms with E-state index in [0.717, 1.165) is 31.1 Å². The zero-order valence-electron chi connectivity index (χ0n) is 32.1. The number of unbranched alkanes of at least 4 members (excludes halogenated alkanes) is 7. The van der Waals surface area contributed by atoms with Gasteiger partial charge in [-0.1, -0.05) is 186 Å². The van der Waals surface area contributed by atoms with Gasteiger partial charge >= 0.3 is 0 Å². The van der Waals surface area contributed by atoms with Crippen molar-refractivity contribution in [2.24, 2.45) is 0 Å². The first-order valence-electron chi connectivity index (χ1n) is 18.8. The predicted octanol–water partition coefficient (Wildman–Crippen LogP) is 13.7. The summed E-state index contributed by atoms with van der Waals surface area (Å²) in [6.07, 6.45) is 9.93. The van der Waals surface area contributed by atoms with Gasteiger partial charge in [-0.3, -0.25) is 0 Å². The first kappa shape index (κ1) is 38.8. The minimum absolute atomic E-state index is 0.0765. The summed E-state index contributed by atoms with van der Waals surface area (Å²) in [6.45, 7) is 21.3. The Bertz CT molecular complexity index is 1400. The van der Waals surface area contributed by atoms with Crippen LogP contribution in [0, 0.1) is 0 Å². The molecule has 0 heterocycles. The van der Waals surface area contributed by atoms with Gasteiger partial charge in [0.2, 0.25) is 0 Å². The summed E-state index contributed by atoms with van der Waals surface area (Å²) >= 11 is 5.81. The lowest BCUT2D eigenvalue weighted by molar-refractivity contribution is 0.304. The van der Waals surface area contributed by atoms with E-state index in [1.807, 2.05) is 0 Å². The Morgan fingerprint density at radius 3 is 0.939 bits per heavy atom. The number of rotatable bonds is 15. The molecule has 0 aromatic heterocycles. The van der Waals surface area contributed by atoms with E-state index in [4.69, 9.17) is 16.3 Å². The van der Waals surface area contributed by atoms with Crippen LogP contribution in [0.15, 0.2) is 97.1 Å². The minimum atomic E-state index is -0.508. The molecule has 49 heavy (non-hydrogen) atoms. The Balaban J connectivity index is 1.72. The number of ether oxygens (including phenoxy) is 1. The van der Waals surface area contributed by atoms with Gasteiger partial charge in [0, 0.05) is 5.88 Å². The fourth-order valence-electron chi connectivity index (χ4n) is 6.91. The van der Waals surface area contributed by atoms with Crippen LogP contribution in [0.1, 0.15) is 153 Å². The summed E-state index contributed by atoms with van der Waals surface area (Å²) in [6, 6.07) is 37.1. The molecule has 1 nitrogen and oxygen atoms in total.